The first-order valence-electron chi connectivity index (χ1n) is 6.67. The third-order valence-corrected chi connectivity index (χ3v) is 4.89. The van der Waals surface area contributed by atoms with Crippen LogP contribution in [0.2, 0.25) is 5.02 Å². The van der Waals surface area contributed by atoms with Crippen LogP contribution in [-0.2, 0) is 5.75 Å². The fourth-order valence-electron chi connectivity index (χ4n) is 2.27. The first kappa shape index (κ1) is 14.2. The number of nitrogen functional groups attached to an aromatic ring is 1. The Bertz CT molecular complexity index is 802. The highest BCUT2D eigenvalue weighted by molar-refractivity contribution is 7.98. The van der Waals surface area contributed by atoms with E-state index >= 15 is 0 Å². The Labute approximate surface area is 133 Å². The number of para-hydroxylation sites is 1. The summed E-state index contributed by atoms with van der Waals surface area (Å²) in [6, 6.07) is 15.9. The molecule has 106 valence electrons. The van der Waals surface area contributed by atoms with Gasteiger partial charge in [-0.3, -0.25) is 4.98 Å². The summed E-state index contributed by atoms with van der Waals surface area (Å²) >= 11 is 8.16. The quantitative estimate of drug-likeness (QED) is 0.542. The van der Waals surface area contributed by atoms with E-state index in [0.29, 0.717) is 0 Å². The van der Waals surface area contributed by atoms with Crippen molar-refractivity contribution in [3.05, 3.63) is 64.8 Å². The second-order valence-electron chi connectivity index (χ2n) is 4.88. The first-order chi connectivity index (χ1) is 10.1. The first-order valence-corrected chi connectivity index (χ1v) is 8.03. The van der Waals surface area contributed by atoms with Gasteiger partial charge in [-0.2, -0.15) is 0 Å². The molecule has 4 heteroatoms. The van der Waals surface area contributed by atoms with Crippen LogP contribution in [-0.4, -0.2) is 4.98 Å². The van der Waals surface area contributed by atoms with Crippen molar-refractivity contribution in [3.63, 3.8) is 0 Å². The maximum atomic E-state index is 6.47. The Balaban J connectivity index is 1.92. The predicted octanol–water partition coefficient (Wildman–Crippen LogP) is 5.07. The average Bonchev–Trinajstić information content (AvgIpc) is 2.50. The number of fused-ring (bicyclic) bond motifs is 1. The minimum Gasteiger partial charge on any atom is -0.399 e. The van der Waals surface area contributed by atoms with E-state index in [9.17, 15) is 0 Å². The molecule has 2 nitrogen and oxygen atoms in total. The molecule has 0 aliphatic heterocycles. The summed E-state index contributed by atoms with van der Waals surface area (Å²) < 4.78 is 0. The number of nitrogens with zero attached hydrogens (tertiary/aromatic N) is 1. The molecule has 21 heavy (non-hydrogen) atoms. The number of thioether (sulfide) groups is 1. The monoisotopic (exact) mass is 314 g/mol. The number of benzene rings is 2. The van der Waals surface area contributed by atoms with Crippen molar-refractivity contribution in [1.29, 1.82) is 0 Å². The van der Waals surface area contributed by atoms with Crippen molar-refractivity contribution in [2.75, 3.05) is 5.73 Å². The van der Waals surface area contributed by atoms with E-state index in [4.69, 9.17) is 17.3 Å². The summed E-state index contributed by atoms with van der Waals surface area (Å²) in [6.45, 7) is 2.04. The molecule has 3 rings (SSSR count). The van der Waals surface area contributed by atoms with Gasteiger partial charge in [0.15, 0.2) is 0 Å². The van der Waals surface area contributed by atoms with Gasteiger partial charge in [-0.05, 0) is 36.8 Å². The number of rotatable bonds is 3. The fourth-order valence-corrected chi connectivity index (χ4v) is 3.47. The summed E-state index contributed by atoms with van der Waals surface area (Å²) in [5.41, 5.74) is 9.57. The number of aromatic nitrogens is 1. The molecular formula is C17H15ClN2S. The van der Waals surface area contributed by atoms with Gasteiger partial charge in [-0.1, -0.05) is 35.9 Å². The van der Waals surface area contributed by atoms with E-state index < -0.39 is 0 Å². The lowest BCUT2D eigenvalue weighted by Crippen LogP contribution is -1.94. The van der Waals surface area contributed by atoms with Gasteiger partial charge < -0.3 is 5.73 Å². The minimum absolute atomic E-state index is 0.730. The van der Waals surface area contributed by atoms with Crippen LogP contribution in [0.4, 0.5) is 5.69 Å². The third-order valence-electron chi connectivity index (χ3n) is 3.38. The number of aryl methyl sites for hydroxylation is 1. The topological polar surface area (TPSA) is 38.9 Å². The number of pyridine rings is 1. The van der Waals surface area contributed by atoms with Crippen molar-refractivity contribution < 1.29 is 0 Å². The van der Waals surface area contributed by atoms with Crippen LogP contribution in [0, 0.1) is 6.92 Å². The second-order valence-corrected chi connectivity index (χ2v) is 6.30. The Hall–Kier alpha value is -1.71. The Kier molecular flexibility index (Phi) is 4.04. The SMILES string of the molecule is Cc1c(Cl)c(CSc2cccc(N)c2)nc2ccccc12. The summed E-state index contributed by atoms with van der Waals surface area (Å²) in [4.78, 5) is 5.81. The normalized spacial score (nSPS) is 11.0. The van der Waals surface area contributed by atoms with Crippen molar-refractivity contribution in [2.45, 2.75) is 17.6 Å². The van der Waals surface area contributed by atoms with E-state index in [1.165, 1.54) is 0 Å². The molecular weight excluding hydrogens is 300 g/mol. The lowest BCUT2D eigenvalue weighted by molar-refractivity contribution is 1.20. The van der Waals surface area contributed by atoms with Crippen LogP contribution in [0.1, 0.15) is 11.3 Å². The molecule has 0 aliphatic rings. The van der Waals surface area contributed by atoms with Gasteiger partial charge in [-0.15, -0.1) is 11.8 Å². The molecule has 0 amide bonds. The summed E-state index contributed by atoms with van der Waals surface area (Å²) in [6.07, 6.45) is 0. The van der Waals surface area contributed by atoms with E-state index in [1.54, 1.807) is 11.8 Å². The van der Waals surface area contributed by atoms with Gasteiger partial charge in [-0.25, -0.2) is 0 Å². The zero-order chi connectivity index (χ0) is 14.8. The van der Waals surface area contributed by atoms with E-state index in [0.717, 1.165) is 43.5 Å². The molecule has 2 N–H and O–H groups in total. The van der Waals surface area contributed by atoms with Crippen LogP contribution >= 0.6 is 23.4 Å². The second kappa shape index (κ2) is 5.96. The zero-order valence-electron chi connectivity index (χ0n) is 11.6. The maximum Gasteiger partial charge on any atom is 0.0709 e. The van der Waals surface area contributed by atoms with Gasteiger partial charge >= 0.3 is 0 Å². The van der Waals surface area contributed by atoms with Crippen molar-refractivity contribution in [2.24, 2.45) is 0 Å². The third kappa shape index (κ3) is 2.99. The molecule has 0 aliphatic carbocycles. The molecule has 0 saturated heterocycles. The largest absolute Gasteiger partial charge is 0.399 e. The van der Waals surface area contributed by atoms with Gasteiger partial charge in [0.05, 0.1) is 16.2 Å². The molecule has 0 saturated carbocycles. The van der Waals surface area contributed by atoms with Crippen LogP contribution in [0.3, 0.4) is 0 Å². The van der Waals surface area contributed by atoms with Crippen LogP contribution < -0.4 is 5.73 Å². The van der Waals surface area contributed by atoms with Crippen LogP contribution in [0.25, 0.3) is 10.9 Å². The van der Waals surface area contributed by atoms with Crippen molar-refractivity contribution >= 4 is 40.0 Å². The molecule has 0 unspecified atom stereocenters. The lowest BCUT2D eigenvalue weighted by atomic mass is 10.1. The smallest absolute Gasteiger partial charge is 0.0709 e. The van der Waals surface area contributed by atoms with Gasteiger partial charge in [0.2, 0.25) is 0 Å². The molecule has 0 spiro atoms. The number of hydrogen-bond donors (Lipinski definition) is 1. The summed E-state index contributed by atoms with van der Waals surface area (Å²) in [7, 11) is 0. The molecule has 0 radical (unpaired) electrons. The Morgan fingerprint density at radius 2 is 1.95 bits per heavy atom. The van der Waals surface area contributed by atoms with Crippen molar-refractivity contribution in [3.8, 4) is 0 Å². The highest BCUT2D eigenvalue weighted by Gasteiger charge is 2.10. The average molecular weight is 315 g/mol. The van der Waals surface area contributed by atoms with Gasteiger partial charge in [0, 0.05) is 21.7 Å². The van der Waals surface area contributed by atoms with E-state index in [1.807, 2.05) is 49.4 Å². The minimum atomic E-state index is 0.730. The van der Waals surface area contributed by atoms with Crippen LogP contribution in [0.5, 0.6) is 0 Å². The molecule has 3 aromatic rings. The molecule has 0 bridgehead atoms. The summed E-state index contributed by atoms with van der Waals surface area (Å²) in [5.74, 6) is 0.730. The van der Waals surface area contributed by atoms with E-state index in [-0.39, 0.29) is 0 Å². The number of anilines is 1. The highest BCUT2D eigenvalue weighted by atomic mass is 35.5. The van der Waals surface area contributed by atoms with E-state index in [2.05, 4.69) is 11.1 Å². The van der Waals surface area contributed by atoms with Crippen LogP contribution in [0.15, 0.2) is 53.4 Å². The summed E-state index contributed by atoms with van der Waals surface area (Å²) in [5, 5.41) is 1.87. The highest BCUT2D eigenvalue weighted by Crippen LogP contribution is 2.31. The fraction of sp³-hybridized carbons (Fsp3) is 0.118. The Morgan fingerprint density at radius 3 is 2.76 bits per heavy atom. The molecule has 2 aromatic carbocycles. The maximum absolute atomic E-state index is 6.47. The number of nitrogens with two attached hydrogens (primary N) is 1. The number of hydrogen-bond acceptors (Lipinski definition) is 3. The van der Waals surface area contributed by atoms with Gasteiger partial charge in [0.1, 0.15) is 0 Å². The standard InChI is InChI=1S/C17H15ClN2S/c1-11-14-7-2-3-8-15(14)20-16(17(11)18)10-21-13-6-4-5-12(19)9-13/h2-9H,10,19H2,1H3. The Morgan fingerprint density at radius 1 is 1.14 bits per heavy atom. The van der Waals surface area contributed by atoms with Gasteiger partial charge in [0.25, 0.3) is 0 Å². The lowest BCUT2D eigenvalue weighted by Gasteiger charge is -2.10. The molecule has 1 heterocycles. The predicted molar refractivity (Wildman–Crippen MR) is 91.9 cm³/mol. The molecule has 1 aromatic heterocycles. The molecule has 0 fully saturated rings. The molecule has 0 atom stereocenters. The zero-order valence-corrected chi connectivity index (χ0v) is 13.2. The van der Waals surface area contributed by atoms with Crippen molar-refractivity contribution in [1.82, 2.24) is 4.98 Å². The number of halogens is 1.